The first-order valence-corrected chi connectivity index (χ1v) is 6.81. The molecule has 0 spiro atoms. The van der Waals surface area contributed by atoms with Gasteiger partial charge in [-0.2, -0.15) is 0 Å². The number of aryl methyl sites for hydroxylation is 4. The zero-order valence-corrected chi connectivity index (χ0v) is 13.0. The number of rotatable bonds is 0. The normalized spacial score (nSPS) is 11.2. The van der Waals surface area contributed by atoms with Crippen LogP contribution in [0.25, 0.3) is 10.8 Å². The molecule has 1 heteroatoms. The Morgan fingerprint density at radius 2 is 1.12 bits per heavy atom. The maximum absolute atomic E-state index is 3.67. The second kappa shape index (κ2) is 4.13. The van der Waals surface area contributed by atoms with Gasteiger partial charge in [0.15, 0.2) is 0 Å². The van der Waals surface area contributed by atoms with Crippen molar-refractivity contribution in [2.45, 2.75) is 41.5 Å². The largest absolute Gasteiger partial charge is 0.0505 e. The molecule has 0 heterocycles. The second-order valence-corrected chi connectivity index (χ2v) is 5.90. The van der Waals surface area contributed by atoms with Crippen molar-refractivity contribution in [1.29, 1.82) is 0 Å². The smallest absolute Gasteiger partial charge is 0.0213 e. The molecule has 0 saturated carbocycles. The number of hydrogen-bond donors (Lipinski definition) is 0. The van der Waals surface area contributed by atoms with Crippen LogP contribution in [0.2, 0.25) is 0 Å². The first-order valence-electron chi connectivity index (χ1n) is 6.02. The number of halogens is 1. The van der Waals surface area contributed by atoms with Crippen LogP contribution in [-0.4, -0.2) is 0 Å². The summed E-state index contributed by atoms with van der Waals surface area (Å²) in [5.74, 6) is 0. The second-order valence-electron chi connectivity index (χ2n) is 5.05. The van der Waals surface area contributed by atoms with Gasteiger partial charge in [-0.3, -0.25) is 0 Å². The third-order valence-corrected chi connectivity index (χ3v) is 4.98. The highest BCUT2D eigenvalue weighted by molar-refractivity contribution is 9.10. The SMILES string of the molecule is Cc1c(C)c(C)c2c(C)c(Br)cc(C)c2c1C. The lowest BCUT2D eigenvalue weighted by molar-refractivity contribution is 1.23. The average molecular weight is 291 g/mol. The van der Waals surface area contributed by atoms with Crippen LogP contribution in [-0.2, 0) is 0 Å². The predicted octanol–water partition coefficient (Wildman–Crippen LogP) is 5.45. The third kappa shape index (κ3) is 1.72. The molecule has 0 atom stereocenters. The molecule has 90 valence electrons. The van der Waals surface area contributed by atoms with Crippen molar-refractivity contribution in [3.8, 4) is 0 Å². The fourth-order valence-electron chi connectivity index (χ4n) is 2.76. The van der Waals surface area contributed by atoms with Crippen molar-refractivity contribution in [2.75, 3.05) is 0 Å². The molecule has 0 unspecified atom stereocenters. The molecule has 0 bridgehead atoms. The van der Waals surface area contributed by atoms with E-state index >= 15 is 0 Å². The summed E-state index contributed by atoms with van der Waals surface area (Å²) in [5, 5.41) is 2.86. The van der Waals surface area contributed by atoms with Gasteiger partial charge in [-0.1, -0.05) is 15.9 Å². The van der Waals surface area contributed by atoms with Crippen LogP contribution < -0.4 is 0 Å². The van der Waals surface area contributed by atoms with Gasteiger partial charge in [0, 0.05) is 4.47 Å². The lowest BCUT2D eigenvalue weighted by Crippen LogP contribution is -1.98. The van der Waals surface area contributed by atoms with E-state index < -0.39 is 0 Å². The Hall–Kier alpha value is -0.820. The molecule has 0 aliphatic carbocycles. The van der Waals surface area contributed by atoms with Crippen molar-refractivity contribution in [1.82, 2.24) is 0 Å². The minimum atomic E-state index is 1.22. The highest BCUT2D eigenvalue weighted by Gasteiger charge is 2.14. The Morgan fingerprint density at radius 1 is 0.647 bits per heavy atom. The van der Waals surface area contributed by atoms with E-state index in [0.29, 0.717) is 0 Å². The summed E-state index contributed by atoms with van der Waals surface area (Å²) in [4.78, 5) is 0. The molecule has 0 aromatic heterocycles. The minimum absolute atomic E-state index is 1.22. The van der Waals surface area contributed by atoms with Crippen LogP contribution >= 0.6 is 15.9 Å². The third-order valence-electron chi connectivity index (χ3n) is 4.16. The van der Waals surface area contributed by atoms with Crippen molar-refractivity contribution in [2.24, 2.45) is 0 Å². The van der Waals surface area contributed by atoms with Crippen molar-refractivity contribution in [3.05, 3.63) is 43.9 Å². The summed E-state index contributed by atoms with van der Waals surface area (Å²) >= 11 is 3.67. The van der Waals surface area contributed by atoms with Crippen LogP contribution in [0.4, 0.5) is 0 Å². The van der Waals surface area contributed by atoms with E-state index in [1.54, 1.807) is 0 Å². The van der Waals surface area contributed by atoms with Crippen molar-refractivity contribution >= 4 is 26.7 Å². The van der Waals surface area contributed by atoms with Crippen LogP contribution in [0, 0.1) is 41.5 Å². The summed E-state index contributed by atoms with van der Waals surface area (Å²) < 4.78 is 1.22. The van der Waals surface area contributed by atoms with Gasteiger partial charge in [0.2, 0.25) is 0 Å². The number of benzene rings is 2. The van der Waals surface area contributed by atoms with Gasteiger partial charge in [-0.25, -0.2) is 0 Å². The topological polar surface area (TPSA) is 0 Å². The van der Waals surface area contributed by atoms with E-state index in [9.17, 15) is 0 Å². The molecule has 2 aromatic rings. The Morgan fingerprint density at radius 3 is 1.65 bits per heavy atom. The molecule has 0 amide bonds. The lowest BCUT2D eigenvalue weighted by atomic mass is 9.87. The van der Waals surface area contributed by atoms with Gasteiger partial charge in [0.1, 0.15) is 0 Å². The van der Waals surface area contributed by atoms with E-state index in [1.807, 2.05) is 0 Å². The van der Waals surface area contributed by atoms with E-state index in [4.69, 9.17) is 0 Å². The van der Waals surface area contributed by atoms with Crippen molar-refractivity contribution in [3.63, 3.8) is 0 Å². The molecule has 2 aromatic carbocycles. The van der Waals surface area contributed by atoms with Gasteiger partial charge in [0.25, 0.3) is 0 Å². The predicted molar refractivity (Wildman–Crippen MR) is 80.1 cm³/mol. The Balaban J connectivity index is 3.17. The first-order chi connectivity index (χ1) is 7.86. The molecule has 0 fully saturated rings. The molecule has 0 aliphatic rings. The lowest BCUT2D eigenvalue weighted by Gasteiger charge is -2.18. The molecule has 2 rings (SSSR count). The summed E-state index contributed by atoms with van der Waals surface area (Å²) in [6.07, 6.45) is 0. The summed E-state index contributed by atoms with van der Waals surface area (Å²) in [7, 11) is 0. The van der Waals surface area contributed by atoms with Crippen molar-refractivity contribution < 1.29 is 0 Å². The maximum Gasteiger partial charge on any atom is 0.0213 e. The van der Waals surface area contributed by atoms with Crippen LogP contribution in [0.5, 0.6) is 0 Å². The quantitative estimate of drug-likeness (QED) is 0.605. The van der Waals surface area contributed by atoms with E-state index in [0.717, 1.165) is 0 Å². The molecule has 0 nitrogen and oxygen atoms in total. The Bertz CT molecular complexity index is 622. The standard InChI is InChI=1S/C16H19Br/c1-8-7-14(17)13(6)16-12(5)10(3)9(2)11(4)15(8)16/h7H,1-6H3. The highest BCUT2D eigenvalue weighted by atomic mass is 79.9. The van der Waals surface area contributed by atoms with Gasteiger partial charge in [-0.05, 0) is 91.8 Å². The summed E-state index contributed by atoms with van der Waals surface area (Å²) in [6.45, 7) is 13.3. The molecule has 0 N–H and O–H groups in total. The number of hydrogen-bond acceptors (Lipinski definition) is 0. The molecule has 0 aliphatic heterocycles. The fraction of sp³-hybridized carbons (Fsp3) is 0.375. The van der Waals surface area contributed by atoms with Crippen LogP contribution in [0.15, 0.2) is 10.5 Å². The zero-order valence-electron chi connectivity index (χ0n) is 11.5. The summed E-state index contributed by atoms with van der Waals surface area (Å²) in [6, 6.07) is 2.24. The summed E-state index contributed by atoms with van der Waals surface area (Å²) in [5.41, 5.74) is 8.42. The van der Waals surface area contributed by atoms with Crippen LogP contribution in [0.3, 0.4) is 0 Å². The van der Waals surface area contributed by atoms with Gasteiger partial charge in [-0.15, -0.1) is 0 Å². The molecular formula is C16H19Br. The molecule has 0 radical (unpaired) electrons. The van der Waals surface area contributed by atoms with E-state index in [1.165, 1.54) is 48.6 Å². The van der Waals surface area contributed by atoms with E-state index in [-0.39, 0.29) is 0 Å². The fourth-order valence-corrected chi connectivity index (χ4v) is 3.31. The Kier molecular flexibility index (Phi) is 3.07. The molecular weight excluding hydrogens is 272 g/mol. The van der Waals surface area contributed by atoms with Crippen LogP contribution in [0.1, 0.15) is 33.4 Å². The first kappa shape index (κ1) is 12.6. The maximum atomic E-state index is 3.67. The highest BCUT2D eigenvalue weighted by Crippen LogP contribution is 2.36. The van der Waals surface area contributed by atoms with Gasteiger partial charge >= 0.3 is 0 Å². The minimum Gasteiger partial charge on any atom is -0.0505 e. The monoisotopic (exact) mass is 290 g/mol. The van der Waals surface area contributed by atoms with E-state index in [2.05, 4.69) is 63.5 Å². The molecule has 0 saturated heterocycles. The molecule has 17 heavy (non-hydrogen) atoms. The Labute approximate surface area is 112 Å². The van der Waals surface area contributed by atoms with Gasteiger partial charge in [0.05, 0.1) is 0 Å². The number of fused-ring (bicyclic) bond motifs is 1. The zero-order chi connectivity index (χ0) is 12.9. The average Bonchev–Trinajstić information content (AvgIpc) is 2.28. The van der Waals surface area contributed by atoms with Gasteiger partial charge < -0.3 is 0 Å².